The van der Waals surface area contributed by atoms with Gasteiger partial charge in [-0.25, -0.2) is 0 Å². The largest absolute Gasteiger partial charge is 0.472 e. The highest BCUT2D eigenvalue weighted by Crippen LogP contribution is 2.28. The van der Waals surface area contributed by atoms with E-state index >= 15 is 0 Å². The maximum absolute atomic E-state index is 9.10. The maximum atomic E-state index is 9.10. The number of nitriles is 1. The number of methoxy groups -OCH3 is 1. The van der Waals surface area contributed by atoms with Crippen molar-refractivity contribution in [3.63, 3.8) is 0 Å². The summed E-state index contributed by atoms with van der Waals surface area (Å²) < 4.78 is 12.6. The first-order valence-corrected chi connectivity index (χ1v) is 6.04. The van der Waals surface area contributed by atoms with Gasteiger partial charge in [-0.3, -0.25) is 0 Å². The number of anilines is 1. The van der Waals surface area contributed by atoms with Crippen molar-refractivity contribution < 1.29 is 9.47 Å². The summed E-state index contributed by atoms with van der Waals surface area (Å²) in [7, 11) is 1.62. The van der Waals surface area contributed by atoms with Gasteiger partial charge < -0.3 is 19.8 Å². The first-order valence-electron chi connectivity index (χ1n) is 6.04. The zero-order valence-corrected chi connectivity index (χ0v) is 11.4. The van der Waals surface area contributed by atoms with Crippen molar-refractivity contribution >= 4 is 5.69 Å². The Morgan fingerprint density at radius 3 is 2.61 bits per heavy atom. The number of hydrogen-bond acceptors (Lipinski definition) is 4. The molecule has 0 aliphatic carbocycles. The van der Waals surface area contributed by atoms with E-state index < -0.39 is 0 Å². The van der Waals surface area contributed by atoms with Crippen molar-refractivity contribution in [3.8, 4) is 11.9 Å². The van der Waals surface area contributed by atoms with Crippen molar-refractivity contribution in [2.75, 3.05) is 19.5 Å². The Bertz CT molecular complexity index is 432. The van der Waals surface area contributed by atoms with Crippen LogP contribution in [0, 0.1) is 17.2 Å². The molecule has 0 radical (unpaired) electrons. The van der Waals surface area contributed by atoms with E-state index in [1.807, 2.05) is 11.5 Å². The SMILES string of the molecule is COC[C@H](C)Oc1c(N)cc(C#N)n1CC(C)C. The zero-order valence-electron chi connectivity index (χ0n) is 11.4. The van der Waals surface area contributed by atoms with Crippen LogP contribution in [0.15, 0.2) is 6.07 Å². The van der Waals surface area contributed by atoms with Crippen molar-refractivity contribution in [1.82, 2.24) is 4.57 Å². The van der Waals surface area contributed by atoms with Crippen molar-refractivity contribution in [1.29, 1.82) is 5.26 Å². The predicted octanol–water partition coefficient (Wildman–Crippen LogP) is 2.01. The Hall–Kier alpha value is -1.67. The summed E-state index contributed by atoms with van der Waals surface area (Å²) in [6.45, 7) is 7.25. The lowest BCUT2D eigenvalue weighted by Crippen LogP contribution is -2.21. The van der Waals surface area contributed by atoms with Gasteiger partial charge in [-0.05, 0) is 12.8 Å². The molecule has 0 unspecified atom stereocenters. The standard InChI is InChI=1S/C13H21N3O2/c1-9(2)7-16-11(6-14)5-12(15)13(16)18-10(3)8-17-4/h5,9-10H,7-8,15H2,1-4H3/t10-/m0/s1. The first kappa shape index (κ1) is 14.4. The van der Waals surface area contributed by atoms with E-state index in [4.69, 9.17) is 20.5 Å². The Morgan fingerprint density at radius 1 is 1.44 bits per heavy atom. The molecule has 0 bridgehead atoms. The number of nitrogen functional groups attached to an aromatic ring is 1. The molecule has 18 heavy (non-hydrogen) atoms. The van der Waals surface area contributed by atoms with Gasteiger partial charge in [0.1, 0.15) is 17.9 Å². The minimum Gasteiger partial charge on any atom is -0.472 e. The van der Waals surface area contributed by atoms with E-state index in [0.29, 0.717) is 36.3 Å². The summed E-state index contributed by atoms with van der Waals surface area (Å²) in [6, 6.07) is 3.79. The van der Waals surface area contributed by atoms with Crippen LogP contribution in [0.1, 0.15) is 26.5 Å². The third-order valence-corrected chi connectivity index (χ3v) is 2.45. The molecule has 2 N–H and O–H groups in total. The second-order valence-electron chi connectivity index (χ2n) is 4.79. The number of ether oxygens (including phenoxy) is 2. The van der Waals surface area contributed by atoms with E-state index in [1.165, 1.54) is 0 Å². The summed E-state index contributed by atoms with van der Waals surface area (Å²) in [5.41, 5.74) is 6.92. The van der Waals surface area contributed by atoms with Gasteiger partial charge in [0.15, 0.2) is 0 Å². The first-order chi connectivity index (χ1) is 8.49. The average molecular weight is 251 g/mol. The Labute approximate surface area is 108 Å². The van der Waals surface area contributed by atoms with Crippen LogP contribution in [0.25, 0.3) is 0 Å². The number of hydrogen-bond donors (Lipinski definition) is 1. The van der Waals surface area contributed by atoms with Crippen LogP contribution in [-0.4, -0.2) is 24.4 Å². The smallest absolute Gasteiger partial charge is 0.218 e. The topological polar surface area (TPSA) is 73.2 Å². The van der Waals surface area contributed by atoms with Crippen LogP contribution in [0.4, 0.5) is 5.69 Å². The second-order valence-corrected chi connectivity index (χ2v) is 4.79. The van der Waals surface area contributed by atoms with E-state index in [-0.39, 0.29) is 6.10 Å². The summed E-state index contributed by atoms with van der Waals surface area (Å²) in [6.07, 6.45) is -0.107. The molecule has 100 valence electrons. The molecule has 1 aromatic rings. The molecule has 0 spiro atoms. The lowest BCUT2D eigenvalue weighted by atomic mass is 10.2. The van der Waals surface area contributed by atoms with Crippen LogP contribution >= 0.6 is 0 Å². The number of rotatable bonds is 6. The van der Waals surface area contributed by atoms with E-state index in [1.54, 1.807) is 13.2 Å². The molecule has 1 aromatic heterocycles. The monoisotopic (exact) mass is 251 g/mol. The minimum atomic E-state index is -0.107. The normalized spacial score (nSPS) is 12.4. The molecular formula is C13H21N3O2. The van der Waals surface area contributed by atoms with Gasteiger partial charge in [0.25, 0.3) is 0 Å². The summed E-state index contributed by atoms with van der Waals surface area (Å²) in [4.78, 5) is 0. The molecule has 0 aromatic carbocycles. The lowest BCUT2D eigenvalue weighted by Gasteiger charge is -2.18. The van der Waals surface area contributed by atoms with Gasteiger partial charge in [0, 0.05) is 19.7 Å². The van der Waals surface area contributed by atoms with Gasteiger partial charge in [-0.2, -0.15) is 5.26 Å². The highest BCUT2D eigenvalue weighted by molar-refractivity contribution is 5.55. The lowest BCUT2D eigenvalue weighted by molar-refractivity contribution is 0.0861. The van der Waals surface area contributed by atoms with Crippen LogP contribution in [0.5, 0.6) is 5.88 Å². The molecule has 5 heteroatoms. The highest BCUT2D eigenvalue weighted by Gasteiger charge is 2.17. The van der Waals surface area contributed by atoms with E-state index in [0.717, 1.165) is 0 Å². The maximum Gasteiger partial charge on any atom is 0.218 e. The molecule has 0 fully saturated rings. The Kier molecular flexibility index (Phi) is 5.05. The van der Waals surface area contributed by atoms with Crippen LogP contribution in [0.2, 0.25) is 0 Å². The third kappa shape index (κ3) is 3.41. The summed E-state index contributed by atoms with van der Waals surface area (Å²) in [5, 5.41) is 9.10. The molecule has 0 saturated heterocycles. The molecule has 0 amide bonds. The highest BCUT2D eigenvalue weighted by atomic mass is 16.5. The fourth-order valence-corrected chi connectivity index (χ4v) is 1.78. The fourth-order valence-electron chi connectivity index (χ4n) is 1.78. The molecule has 1 atom stereocenters. The van der Waals surface area contributed by atoms with Crippen molar-refractivity contribution in [2.24, 2.45) is 5.92 Å². The number of aromatic nitrogens is 1. The third-order valence-electron chi connectivity index (χ3n) is 2.45. The predicted molar refractivity (Wildman–Crippen MR) is 70.4 cm³/mol. The number of nitrogens with zero attached hydrogens (tertiary/aromatic N) is 2. The Morgan fingerprint density at radius 2 is 2.11 bits per heavy atom. The van der Waals surface area contributed by atoms with Gasteiger partial charge in [-0.1, -0.05) is 13.8 Å². The van der Waals surface area contributed by atoms with Crippen molar-refractivity contribution in [2.45, 2.75) is 33.4 Å². The molecular weight excluding hydrogens is 230 g/mol. The Balaban J connectivity index is 3.01. The van der Waals surface area contributed by atoms with Gasteiger partial charge in [0.05, 0.1) is 12.3 Å². The van der Waals surface area contributed by atoms with Crippen LogP contribution in [-0.2, 0) is 11.3 Å². The summed E-state index contributed by atoms with van der Waals surface area (Å²) in [5.74, 6) is 0.966. The van der Waals surface area contributed by atoms with Crippen LogP contribution in [0.3, 0.4) is 0 Å². The fraction of sp³-hybridized carbons (Fsp3) is 0.615. The zero-order chi connectivity index (χ0) is 13.7. The average Bonchev–Trinajstić information content (AvgIpc) is 2.56. The molecule has 5 nitrogen and oxygen atoms in total. The quantitative estimate of drug-likeness (QED) is 0.839. The van der Waals surface area contributed by atoms with Crippen LogP contribution < -0.4 is 10.5 Å². The van der Waals surface area contributed by atoms with Crippen molar-refractivity contribution in [3.05, 3.63) is 11.8 Å². The molecule has 0 aliphatic heterocycles. The number of nitrogens with two attached hydrogens (primary N) is 1. The molecule has 1 rings (SSSR count). The molecule has 0 saturated carbocycles. The van der Waals surface area contributed by atoms with E-state index in [2.05, 4.69) is 19.9 Å². The second kappa shape index (κ2) is 6.31. The molecule has 0 aliphatic rings. The molecule has 1 heterocycles. The van der Waals surface area contributed by atoms with Gasteiger partial charge in [-0.15, -0.1) is 0 Å². The van der Waals surface area contributed by atoms with E-state index in [9.17, 15) is 0 Å². The van der Waals surface area contributed by atoms with Gasteiger partial charge in [0.2, 0.25) is 5.88 Å². The minimum absolute atomic E-state index is 0.107. The summed E-state index contributed by atoms with van der Waals surface area (Å²) >= 11 is 0. The van der Waals surface area contributed by atoms with Gasteiger partial charge >= 0.3 is 0 Å².